The van der Waals surface area contributed by atoms with Crippen LogP contribution in [0.25, 0.3) is 22.2 Å². The Labute approximate surface area is 221 Å². The lowest BCUT2D eigenvalue weighted by molar-refractivity contribution is -0.113. The van der Waals surface area contributed by atoms with E-state index in [1.54, 1.807) is 25.8 Å². The van der Waals surface area contributed by atoms with Gasteiger partial charge in [0.25, 0.3) is 5.91 Å². The number of aromatic amines is 1. The lowest BCUT2D eigenvalue weighted by atomic mass is 9.92. The number of hydrogen-bond acceptors (Lipinski definition) is 7. The summed E-state index contributed by atoms with van der Waals surface area (Å²) in [6, 6.07) is 9.16. The molecule has 1 fully saturated rings. The number of guanidine groups is 1. The largest absolute Gasteiger partial charge is 0.356 e. The molecule has 4 N–H and O–H groups in total. The van der Waals surface area contributed by atoms with Crippen molar-refractivity contribution in [3.05, 3.63) is 47.8 Å². The van der Waals surface area contributed by atoms with Gasteiger partial charge in [-0.2, -0.15) is 10.6 Å². The molecule has 11 heteroatoms. The summed E-state index contributed by atoms with van der Waals surface area (Å²) in [7, 11) is 1.69. The Morgan fingerprint density at radius 3 is 2.61 bits per heavy atom. The summed E-state index contributed by atoms with van der Waals surface area (Å²) in [6.07, 6.45) is 3.07. The van der Waals surface area contributed by atoms with E-state index in [0.717, 1.165) is 41.1 Å². The standard InChI is InChI=1S/C27H34N10O/c1-15-10-16(2)14-36(13-15)23-11-19(8-9-30-23)25-21-12-20(6-7-22(21)32-33-25)31-26(38)24-17(3)35(5)27(28)37(34-29)18(24)4/h6-9,11-12,15-16,18,28-29H,10,13-14H2,1-5H3,(H,31,38)(H,32,33)/t15-,16+,18-/m1/s1. The minimum atomic E-state index is -0.542. The van der Waals surface area contributed by atoms with E-state index >= 15 is 0 Å². The van der Waals surface area contributed by atoms with E-state index in [2.05, 4.69) is 50.5 Å². The van der Waals surface area contributed by atoms with Gasteiger partial charge in [-0.1, -0.05) is 19.1 Å². The second kappa shape index (κ2) is 9.88. The number of nitrogens with zero attached hydrogens (tertiary/aromatic N) is 6. The van der Waals surface area contributed by atoms with Gasteiger partial charge in [-0.25, -0.2) is 9.99 Å². The summed E-state index contributed by atoms with van der Waals surface area (Å²) in [5, 5.41) is 24.4. The molecule has 1 amide bonds. The van der Waals surface area contributed by atoms with E-state index in [1.807, 2.05) is 30.5 Å². The maximum Gasteiger partial charge on any atom is 0.255 e. The monoisotopic (exact) mass is 514 g/mol. The maximum absolute atomic E-state index is 13.4. The minimum absolute atomic E-state index is 0.0520. The Kier molecular flexibility index (Phi) is 6.60. The molecule has 198 valence electrons. The highest BCUT2D eigenvalue weighted by Crippen LogP contribution is 2.32. The van der Waals surface area contributed by atoms with Gasteiger partial charge in [-0.05, 0) is 62.4 Å². The first-order chi connectivity index (χ1) is 18.2. The average Bonchev–Trinajstić information content (AvgIpc) is 3.31. The van der Waals surface area contributed by atoms with Crippen molar-refractivity contribution >= 4 is 34.3 Å². The predicted molar refractivity (Wildman–Crippen MR) is 148 cm³/mol. The molecule has 2 aliphatic heterocycles. The fourth-order valence-electron chi connectivity index (χ4n) is 5.69. The van der Waals surface area contributed by atoms with Crippen LogP contribution in [-0.2, 0) is 4.79 Å². The number of nitrogens with one attached hydrogen (secondary N) is 4. The van der Waals surface area contributed by atoms with Crippen molar-refractivity contribution in [2.24, 2.45) is 17.1 Å². The van der Waals surface area contributed by atoms with Crippen LogP contribution < -0.4 is 10.2 Å². The summed E-state index contributed by atoms with van der Waals surface area (Å²) in [6.45, 7) is 10.1. The number of aromatic nitrogens is 3. The molecule has 38 heavy (non-hydrogen) atoms. The Bertz CT molecular complexity index is 1430. The van der Waals surface area contributed by atoms with Gasteiger partial charge in [0.1, 0.15) is 11.5 Å². The topological polar surface area (TPSA) is 140 Å². The number of carbonyl (C=O) groups is 1. The first-order valence-electron chi connectivity index (χ1n) is 12.9. The number of fused-ring (bicyclic) bond motifs is 1. The van der Waals surface area contributed by atoms with Crippen LogP contribution in [0.15, 0.2) is 53.0 Å². The number of anilines is 2. The Hall–Kier alpha value is -4.28. The quantitative estimate of drug-likeness (QED) is 0.359. The molecule has 1 saturated heterocycles. The highest BCUT2D eigenvalue weighted by Gasteiger charge is 2.35. The van der Waals surface area contributed by atoms with Crippen LogP contribution in [0.1, 0.15) is 34.1 Å². The van der Waals surface area contributed by atoms with E-state index in [-0.39, 0.29) is 11.9 Å². The summed E-state index contributed by atoms with van der Waals surface area (Å²) in [5.41, 5.74) is 11.8. The van der Waals surface area contributed by atoms with Gasteiger partial charge >= 0.3 is 0 Å². The van der Waals surface area contributed by atoms with Crippen LogP contribution in [0.3, 0.4) is 0 Å². The van der Waals surface area contributed by atoms with Gasteiger partial charge in [0, 0.05) is 48.7 Å². The molecule has 0 aliphatic carbocycles. The molecule has 0 radical (unpaired) electrons. The van der Waals surface area contributed by atoms with Crippen LogP contribution in [0.4, 0.5) is 11.5 Å². The van der Waals surface area contributed by atoms with Gasteiger partial charge in [-0.3, -0.25) is 15.3 Å². The van der Waals surface area contributed by atoms with Crippen molar-refractivity contribution in [3.8, 4) is 11.3 Å². The van der Waals surface area contributed by atoms with E-state index < -0.39 is 6.04 Å². The Balaban J connectivity index is 1.44. The highest BCUT2D eigenvalue weighted by molar-refractivity contribution is 6.08. The number of allylic oxidation sites excluding steroid dienone is 1. The molecule has 1 aromatic carbocycles. The van der Waals surface area contributed by atoms with Crippen molar-refractivity contribution in [1.82, 2.24) is 25.1 Å². The van der Waals surface area contributed by atoms with Gasteiger partial charge in [-0.15, -0.1) is 0 Å². The number of hydrogen-bond donors (Lipinski definition) is 4. The normalized spacial score (nSPS) is 22.3. The molecule has 4 heterocycles. The predicted octanol–water partition coefficient (Wildman–Crippen LogP) is 4.84. The summed E-state index contributed by atoms with van der Waals surface area (Å²) in [5.74, 6) is 1.95. The van der Waals surface area contributed by atoms with Gasteiger partial charge in [0.2, 0.25) is 5.96 Å². The zero-order valence-corrected chi connectivity index (χ0v) is 22.4. The second-order valence-corrected chi connectivity index (χ2v) is 10.5. The Morgan fingerprint density at radius 1 is 1.16 bits per heavy atom. The maximum atomic E-state index is 13.4. The fraction of sp³-hybridized carbons (Fsp3) is 0.407. The van der Waals surface area contributed by atoms with E-state index in [4.69, 9.17) is 10.9 Å². The van der Waals surface area contributed by atoms with Crippen LogP contribution in [0.2, 0.25) is 0 Å². The summed E-state index contributed by atoms with van der Waals surface area (Å²) >= 11 is 0. The van der Waals surface area contributed by atoms with E-state index in [1.165, 1.54) is 11.4 Å². The van der Waals surface area contributed by atoms with Crippen molar-refractivity contribution < 1.29 is 4.79 Å². The molecule has 0 spiro atoms. The summed E-state index contributed by atoms with van der Waals surface area (Å²) < 4.78 is 0. The lowest BCUT2D eigenvalue weighted by Crippen LogP contribution is -2.50. The average molecular weight is 515 g/mol. The van der Waals surface area contributed by atoms with Crippen LogP contribution >= 0.6 is 0 Å². The van der Waals surface area contributed by atoms with Gasteiger partial charge in [0.05, 0.1) is 17.1 Å². The third-order valence-corrected chi connectivity index (χ3v) is 7.60. The molecule has 2 aromatic heterocycles. The first-order valence-corrected chi connectivity index (χ1v) is 12.9. The first kappa shape index (κ1) is 25.4. The van der Waals surface area contributed by atoms with Crippen molar-refractivity contribution in [2.45, 2.75) is 40.2 Å². The Morgan fingerprint density at radius 2 is 1.89 bits per heavy atom. The van der Waals surface area contributed by atoms with Gasteiger partial charge in [0.15, 0.2) is 0 Å². The van der Waals surface area contributed by atoms with E-state index in [0.29, 0.717) is 28.8 Å². The molecule has 3 aromatic rings. The van der Waals surface area contributed by atoms with Gasteiger partial charge < -0.3 is 15.1 Å². The number of H-pyrrole nitrogens is 1. The van der Waals surface area contributed by atoms with Crippen LogP contribution in [0.5, 0.6) is 0 Å². The number of benzene rings is 1. The third-order valence-electron chi connectivity index (χ3n) is 7.60. The zero-order valence-electron chi connectivity index (χ0n) is 22.4. The molecule has 5 rings (SSSR count). The molecule has 0 saturated carbocycles. The van der Waals surface area contributed by atoms with Crippen LogP contribution in [-0.4, -0.2) is 63.1 Å². The molecule has 11 nitrogen and oxygen atoms in total. The summed E-state index contributed by atoms with van der Waals surface area (Å²) in [4.78, 5) is 21.9. The van der Waals surface area contributed by atoms with Crippen molar-refractivity contribution in [1.29, 1.82) is 10.9 Å². The number of carbonyl (C=O) groups excluding carboxylic acids is 1. The number of amides is 1. The number of rotatable bonds is 5. The minimum Gasteiger partial charge on any atom is -0.356 e. The third kappa shape index (κ3) is 4.48. The fourth-order valence-corrected chi connectivity index (χ4v) is 5.69. The van der Waals surface area contributed by atoms with E-state index in [9.17, 15) is 4.79 Å². The number of pyridine rings is 1. The zero-order chi connectivity index (χ0) is 27.1. The molecule has 0 unspecified atom stereocenters. The smallest absolute Gasteiger partial charge is 0.255 e. The molecule has 3 atom stereocenters. The molecule has 0 bridgehead atoms. The lowest BCUT2D eigenvalue weighted by Gasteiger charge is -2.38. The number of piperidine rings is 1. The molecule has 2 aliphatic rings. The highest BCUT2D eigenvalue weighted by atomic mass is 16.1. The molecular formula is C27H34N10O. The van der Waals surface area contributed by atoms with Crippen LogP contribution in [0, 0.1) is 22.8 Å². The van der Waals surface area contributed by atoms with Crippen molar-refractivity contribution in [3.63, 3.8) is 0 Å². The molecular weight excluding hydrogens is 480 g/mol. The second-order valence-electron chi connectivity index (χ2n) is 10.5. The SMILES string of the molecule is CC1=C(C(=O)Nc2ccc3[nH]nc(-c4ccnc(N5C[C@H](C)C[C@H](C)C5)c4)c3c2)[C@@H](C)N(N=N)C(=N)N1C. The van der Waals surface area contributed by atoms with Crippen molar-refractivity contribution in [2.75, 3.05) is 30.4 Å².